The Morgan fingerprint density at radius 2 is 1.91 bits per heavy atom. The maximum Gasteiger partial charge on any atom is 0.111 e. The summed E-state index contributed by atoms with van der Waals surface area (Å²) in [6.07, 6.45) is -4.11. The second-order valence-corrected chi connectivity index (χ2v) is 2.60. The van der Waals surface area contributed by atoms with E-state index in [-0.39, 0.29) is 6.10 Å². The first-order chi connectivity index (χ1) is 5.16. The maximum atomic E-state index is 9.11. The molecule has 0 bridgehead atoms. The van der Waals surface area contributed by atoms with E-state index in [0.717, 1.165) is 0 Å². The van der Waals surface area contributed by atoms with E-state index in [0.29, 0.717) is 6.61 Å². The van der Waals surface area contributed by atoms with Crippen LogP contribution in [-0.2, 0) is 4.74 Å². The molecule has 4 N–H and O–H groups in total. The third kappa shape index (κ3) is 2.11. The van der Waals surface area contributed by atoms with Crippen LogP contribution in [0.2, 0.25) is 0 Å². The summed E-state index contributed by atoms with van der Waals surface area (Å²) in [6, 6.07) is 0. The van der Waals surface area contributed by atoms with Gasteiger partial charge in [-0.1, -0.05) is 0 Å². The highest BCUT2D eigenvalue weighted by molar-refractivity contribution is 4.87. The summed E-state index contributed by atoms with van der Waals surface area (Å²) in [6.45, 7) is -0.165. The van der Waals surface area contributed by atoms with Crippen molar-refractivity contribution in [2.75, 3.05) is 13.2 Å². The zero-order chi connectivity index (χ0) is 8.43. The van der Waals surface area contributed by atoms with Crippen molar-refractivity contribution >= 4 is 0 Å². The molecule has 1 aliphatic heterocycles. The fraction of sp³-hybridized carbons (Fsp3) is 1.00. The number of hydrogen-bond donors (Lipinski definition) is 4. The van der Waals surface area contributed by atoms with E-state index in [2.05, 4.69) is 4.74 Å². The molecule has 0 aromatic rings. The van der Waals surface area contributed by atoms with Crippen molar-refractivity contribution in [1.82, 2.24) is 0 Å². The quantitative estimate of drug-likeness (QED) is 0.343. The van der Waals surface area contributed by atoms with Crippen LogP contribution in [0.15, 0.2) is 0 Å². The molecule has 66 valence electrons. The molecule has 0 aliphatic carbocycles. The van der Waals surface area contributed by atoms with Crippen LogP contribution in [-0.4, -0.2) is 58.1 Å². The number of ether oxygens (including phenoxy) is 1. The van der Waals surface area contributed by atoms with Crippen molar-refractivity contribution in [2.45, 2.75) is 24.4 Å². The molecule has 5 heteroatoms. The predicted octanol–water partition coefficient (Wildman–Crippen LogP) is -2.54. The number of hydrogen-bond acceptors (Lipinski definition) is 5. The molecule has 1 fully saturated rings. The first kappa shape index (κ1) is 8.89. The molecule has 4 atom stereocenters. The topological polar surface area (TPSA) is 93.5 Å². The van der Waals surface area contributed by atoms with Crippen LogP contribution >= 0.6 is 0 Å². The molecule has 0 spiro atoms. The first-order valence-corrected chi connectivity index (χ1v) is 3.43. The SMILES string of the molecule is OC[C@@H](O)[C@@H](O)[C@H](O)[C@@H]1CO1. The second-order valence-electron chi connectivity index (χ2n) is 2.60. The second kappa shape index (κ2) is 3.46. The monoisotopic (exact) mass is 164 g/mol. The first-order valence-electron chi connectivity index (χ1n) is 3.43. The molecule has 0 aromatic heterocycles. The zero-order valence-corrected chi connectivity index (χ0v) is 5.92. The van der Waals surface area contributed by atoms with Gasteiger partial charge in [0.05, 0.1) is 13.2 Å². The fourth-order valence-corrected chi connectivity index (χ4v) is 0.808. The summed E-state index contributed by atoms with van der Waals surface area (Å²) in [5.41, 5.74) is 0. The van der Waals surface area contributed by atoms with Crippen LogP contribution in [0.5, 0.6) is 0 Å². The molecular formula is C6H12O5. The summed E-state index contributed by atoms with van der Waals surface area (Å²) in [5, 5.41) is 35.4. The summed E-state index contributed by atoms with van der Waals surface area (Å²) in [4.78, 5) is 0. The van der Waals surface area contributed by atoms with Crippen LogP contribution in [0.4, 0.5) is 0 Å². The minimum Gasteiger partial charge on any atom is -0.394 e. The van der Waals surface area contributed by atoms with Crippen molar-refractivity contribution in [3.63, 3.8) is 0 Å². The molecule has 0 unspecified atom stereocenters. The lowest BCUT2D eigenvalue weighted by atomic mass is 10.1. The molecule has 1 heterocycles. The summed E-state index contributed by atoms with van der Waals surface area (Å²) in [7, 11) is 0. The third-order valence-electron chi connectivity index (χ3n) is 1.67. The Labute approximate surface area is 63.8 Å². The minimum absolute atomic E-state index is 0.383. The highest BCUT2D eigenvalue weighted by Gasteiger charge is 2.38. The summed E-state index contributed by atoms with van der Waals surface area (Å²) >= 11 is 0. The molecule has 0 aromatic carbocycles. The molecule has 0 amide bonds. The molecule has 0 saturated carbocycles. The molecule has 0 radical (unpaired) electrons. The number of aliphatic hydroxyl groups is 4. The van der Waals surface area contributed by atoms with Gasteiger partial charge >= 0.3 is 0 Å². The lowest BCUT2D eigenvalue weighted by Crippen LogP contribution is -2.42. The van der Waals surface area contributed by atoms with Crippen molar-refractivity contribution in [2.24, 2.45) is 0 Å². The number of epoxide rings is 1. The third-order valence-corrected chi connectivity index (χ3v) is 1.67. The lowest BCUT2D eigenvalue weighted by Gasteiger charge is -2.19. The zero-order valence-electron chi connectivity index (χ0n) is 5.92. The van der Waals surface area contributed by atoms with Gasteiger partial charge in [-0.05, 0) is 0 Å². The van der Waals surface area contributed by atoms with Gasteiger partial charge < -0.3 is 25.2 Å². The number of rotatable bonds is 4. The molecular weight excluding hydrogens is 152 g/mol. The molecule has 5 nitrogen and oxygen atoms in total. The molecule has 1 rings (SSSR count). The smallest absolute Gasteiger partial charge is 0.111 e. The Balaban J connectivity index is 2.31. The van der Waals surface area contributed by atoms with E-state index >= 15 is 0 Å². The van der Waals surface area contributed by atoms with Gasteiger partial charge in [0.1, 0.15) is 24.4 Å². The van der Waals surface area contributed by atoms with Gasteiger partial charge in [-0.15, -0.1) is 0 Å². The molecule has 1 saturated heterocycles. The van der Waals surface area contributed by atoms with E-state index < -0.39 is 24.9 Å². The fourth-order valence-electron chi connectivity index (χ4n) is 0.808. The Kier molecular flexibility index (Phi) is 2.80. The van der Waals surface area contributed by atoms with E-state index in [9.17, 15) is 0 Å². The van der Waals surface area contributed by atoms with Gasteiger partial charge in [-0.25, -0.2) is 0 Å². The van der Waals surface area contributed by atoms with Crippen LogP contribution in [0.25, 0.3) is 0 Å². The van der Waals surface area contributed by atoms with Crippen LogP contribution in [0.3, 0.4) is 0 Å². The van der Waals surface area contributed by atoms with E-state index in [1.54, 1.807) is 0 Å². The highest BCUT2D eigenvalue weighted by Crippen LogP contribution is 2.17. The Morgan fingerprint density at radius 1 is 1.36 bits per heavy atom. The van der Waals surface area contributed by atoms with E-state index in [4.69, 9.17) is 20.4 Å². The highest BCUT2D eigenvalue weighted by atomic mass is 16.6. The maximum absolute atomic E-state index is 9.11. The van der Waals surface area contributed by atoms with Gasteiger partial charge in [-0.2, -0.15) is 0 Å². The van der Waals surface area contributed by atoms with E-state index in [1.807, 2.05) is 0 Å². The van der Waals surface area contributed by atoms with Gasteiger partial charge in [0.2, 0.25) is 0 Å². The van der Waals surface area contributed by atoms with Crippen molar-refractivity contribution in [3.05, 3.63) is 0 Å². The largest absolute Gasteiger partial charge is 0.394 e. The Morgan fingerprint density at radius 3 is 2.27 bits per heavy atom. The Bertz CT molecular complexity index is 124. The normalized spacial score (nSPS) is 31.1. The average Bonchev–Trinajstić information content (AvgIpc) is 2.82. The Hall–Kier alpha value is -0.200. The lowest BCUT2D eigenvalue weighted by molar-refractivity contribution is -0.0831. The summed E-state index contributed by atoms with van der Waals surface area (Å²) in [5.74, 6) is 0. The number of aliphatic hydroxyl groups excluding tert-OH is 4. The molecule has 1 aliphatic rings. The van der Waals surface area contributed by atoms with Gasteiger partial charge in [0, 0.05) is 0 Å². The molecule has 11 heavy (non-hydrogen) atoms. The van der Waals surface area contributed by atoms with Crippen LogP contribution in [0, 0.1) is 0 Å². The van der Waals surface area contributed by atoms with Crippen molar-refractivity contribution in [3.8, 4) is 0 Å². The van der Waals surface area contributed by atoms with Gasteiger partial charge in [-0.3, -0.25) is 0 Å². The van der Waals surface area contributed by atoms with Crippen LogP contribution < -0.4 is 0 Å². The average molecular weight is 164 g/mol. The van der Waals surface area contributed by atoms with Crippen LogP contribution in [0.1, 0.15) is 0 Å². The van der Waals surface area contributed by atoms with E-state index in [1.165, 1.54) is 0 Å². The standard InChI is InChI=1S/C6H12O5/c7-1-3(8)5(9)6(10)4-2-11-4/h3-10H,1-2H2/t3-,4+,5-,6-/m1/s1. The van der Waals surface area contributed by atoms with Gasteiger partial charge in [0.15, 0.2) is 0 Å². The minimum atomic E-state index is -1.33. The summed E-state index contributed by atoms with van der Waals surface area (Å²) < 4.78 is 4.68. The van der Waals surface area contributed by atoms with Gasteiger partial charge in [0.25, 0.3) is 0 Å². The van der Waals surface area contributed by atoms with Crippen molar-refractivity contribution in [1.29, 1.82) is 0 Å². The van der Waals surface area contributed by atoms with Crippen molar-refractivity contribution < 1.29 is 25.2 Å². The predicted molar refractivity (Wildman–Crippen MR) is 34.8 cm³/mol.